The minimum atomic E-state index is 0.0175. The first kappa shape index (κ1) is 18.3. The van der Waals surface area contributed by atoms with E-state index in [0.29, 0.717) is 0 Å². The van der Waals surface area contributed by atoms with E-state index in [1.165, 1.54) is 5.56 Å². The van der Waals surface area contributed by atoms with Crippen molar-refractivity contribution in [1.29, 1.82) is 0 Å². The molecule has 0 unspecified atom stereocenters. The predicted octanol–water partition coefficient (Wildman–Crippen LogP) is 3.10. The smallest absolute Gasteiger partial charge is 0.251 e. The summed E-state index contributed by atoms with van der Waals surface area (Å²) in [6, 6.07) is 15.7. The Hall–Kier alpha value is -2.53. The van der Waals surface area contributed by atoms with Crippen molar-refractivity contribution in [2.45, 2.75) is 25.4 Å². The Morgan fingerprint density at radius 2 is 1.73 bits per heavy atom. The molecule has 26 heavy (non-hydrogen) atoms. The van der Waals surface area contributed by atoms with Gasteiger partial charge in [-0.3, -0.25) is 9.69 Å². The number of hydrogen-bond acceptors (Lipinski definition) is 4. The molecule has 2 aromatic carbocycles. The van der Waals surface area contributed by atoms with E-state index in [1.54, 1.807) is 14.2 Å². The molecule has 5 heteroatoms. The van der Waals surface area contributed by atoms with E-state index in [4.69, 9.17) is 9.47 Å². The molecule has 0 saturated carbocycles. The number of rotatable bonds is 6. The lowest BCUT2D eigenvalue weighted by molar-refractivity contribution is 0.0909. The maximum atomic E-state index is 12.3. The van der Waals surface area contributed by atoms with Crippen molar-refractivity contribution >= 4 is 5.91 Å². The number of nitrogens with one attached hydrogen (secondary N) is 1. The van der Waals surface area contributed by atoms with Crippen LogP contribution in [0.15, 0.2) is 48.5 Å². The maximum absolute atomic E-state index is 12.3. The standard InChI is InChI=1S/C21H26N2O3/c1-25-19-9-8-16(14-20(19)26-2)15-23-12-10-18(11-13-23)22-21(24)17-6-4-3-5-7-17/h3-9,14,18H,10-13,15H2,1-2H3,(H,22,24). The molecular formula is C21H26N2O3. The van der Waals surface area contributed by atoms with Gasteiger partial charge in [-0.1, -0.05) is 24.3 Å². The summed E-state index contributed by atoms with van der Waals surface area (Å²) >= 11 is 0. The zero-order valence-electron chi connectivity index (χ0n) is 15.4. The summed E-state index contributed by atoms with van der Waals surface area (Å²) in [6.07, 6.45) is 1.93. The molecule has 2 aromatic rings. The fourth-order valence-electron chi connectivity index (χ4n) is 3.33. The highest BCUT2D eigenvalue weighted by Crippen LogP contribution is 2.28. The van der Waals surface area contributed by atoms with Gasteiger partial charge in [-0.15, -0.1) is 0 Å². The van der Waals surface area contributed by atoms with Gasteiger partial charge in [-0.25, -0.2) is 0 Å². The van der Waals surface area contributed by atoms with Gasteiger partial charge in [-0.05, 0) is 42.7 Å². The van der Waals surface area contributed by atoms with Gasteiger partial charge >= 0.3 is 0 Å². The van der Waals surface area contributed by atoms with Crippen LogP contribution in [-0.4, -0.2) is 44.2 Å². The van der Waals surface area contributed by atoms with Gasteiger partial charge in [0.15, 0.2) is 11.5 Å². The molecular weight excluding hydrogens is 328 g/mol. The van der Waals surface area contributed by atoms with E-state index in [-0.39, 0.29) is 11.9 Å². The average Bonchev–Trinajstić information content (AvgIpc) is 2.70. The Kier molecular flexibility index (Phi) is 6.12. The van der Waals surface area contributed by atoms with Crippen molar-refractivity contribution in [2.24, 2.45) is 0 Å². The Balaban J connectivity index is 1.50. The number of hydrogen-bond donors (Lipinski definition) is 1. The fraction of sp³-hybridized carbons (Fsp3) is 0.381. The lowest BCUT2D eigenvalue weighted by Crippen LogP contribution is -2.44. The molecule has 3 rings (SSSR count). The Labute approximate surface area is 154 Å². The van der Waals surface area contributed by atoms with Gasteiger partial charge in [0.1, 0.15) is 0 Å². The molecule has 1 aliphatic heterocycles. The highest BCUT2D eigenvalue weighted by Gasteiger charge is 2.21. The van der Waals surface area contributed by atoms with E-state index in [1.807, 2.05) is 42.5 Å². The zero-order valence-corrected chi connectivity index (χ0v) is 15.4. The number of amides is 1. The summed E-state index contributed by atoms with van der Waals surface area (Å²) in [5.41, 5.74) is 1.93. The first-order chi connectivity index (χ1) is 12.7. The van der Waals surface area contributed by atoms with Crippen molar-refractivity contribution in [3.05, 3.63) is 59.7 Å². The average molecular weight is 354 g/mol. The van der Waals surface area contributed by atoms with Gasteiger partial charge in [0.05, 0.1) is 14.2 Å². The largest absolute Gasteiger partial charge is 0.493 e. The van der Waals surface area contributed by atoms with Crippen LogP contribution in [0.25, 0.3) is 0 Å². The minimum Gasteiger partial charge on any atom is -0.493 e. The number of methoxy groups -OCH3 is 2. The summed E-state index contributed by atoms with van der Waals surface area (Å²) in [7, 11) is 3.30. The van der Waals surface area contributed by atoms with Crippen molar-refractivity contribution in [3.8, 4) is 11.5 Å². The normalized spacial score (nSPS) is 15.5. The van der Waals surface area contributed by atoms with Crippen LogP contribution < -0.4 is 14.8 Å². The van der Waals surface area contributed by atoms with Gasteiger partial charge in [0.2, 0.25) is 0 Å². The first-order valence-electron chi connectivity index (χ1n) is 8.98. The third-order valence-electron chi connectivity index (χ3n) is 4.81. The second-order valence-electron chi connectivity index (χ2n) is 6.58. The molecule has 5 nitrogen and oxygen atoms in total. The number of carbonyl (C=O) groups is 1. The monoisotopic (exact) mass is 354 g/mol. The summed E-state index contributed by atoms with van der Waals surface area (Å²) < 4.78 is 10.7. The van der Waals surface area contributed by atoms with Crippen LogP contribution in [0.4, 0.5) is 0 Å². The Bertz CT molecular complexity index is 725. The van der Waals surface area contributed by atoms with Gasteiger partial charge < -0.3 is 14.8 Å². The molecule has 138 valence electrons. The number of piperidine rings is 1. The number of likely N-dealkylation sites (tertiary alicyclic amines) is 1. The van der Waals surface area contributed by atoms with Gasteiger partial charge in [0.25, 0.3) is 5.91 Å². The molecule has 1 N–H and O–H groups in total. The van der Waals surface area contributed by atoms with Crippen molar-refractivity contribution in [1.82, 2.24) is 10.2 Å². The molecule has 1 fully saturated rings. The SMILES string of the molecule is COc1ccc(CN2CCC(NC(=O)c3ccccc3)CC2)cc1OC. The van der Waals surface area contributed by atoms with E-state index >= 15 is 0 Å². The van der Waals surface area contributed by atoms with E-state index < -0.39 is 0 Å². The van der Waals surface area contributed by atoms with Crippen LogP contribution in [0, 0.1) is 0 Å². The molecule has 1 aliphatic rings. The summed E-state index contributed by atoms with van der Waals surface area (Å²) in [5, 5.41) is 3.15. The lowest BCUT2D eigenvalue weighted by Gasteiger charge is -2.32. The van der Waals surface area contributed by atoms with E-state index in [9.17, 15) is 4.79 Å². The topological polar surface area (TPSA) is 50.8 Å². The Morgan fingerprint density at radius 1 is 1.04 bits per heavy atom. The van der Waals surface area contributed by atoms with Crippen LogP contribution in [0.3, 0.4) is 0 Å². The predicted molar refractivity (Wildman–Crippen MR) is 102 cm³/mol. The summed E-state index contributed by atoms with van der Waals surface area (Å²) in [4.78, 5) is 14.7. The van der Waals surface area contributed by atoms with Crippen LogP contribution in [-0.2, 0) is 6.54 Å². The number of carbonyl (C=O) groups excluding carboxylic acids is 1. The molecule has 1 heterocycles. The van der Waals surface area contributed by atoms with E-state index in [2.05, 4.69) is 16.3 Å². The molecule has 0 aromatic heterocycles. The molecule has 0 radical (unpaired) electrons. The molecule has 1 amide bonds. The highest BCUT2D eigenvalue weighted by atomic mass is 16.5. The molecule has 1 saturated heterocycles. The van der Waals surface area contributed by atoms with Crippen LogP contribution >= 0.6 is 0 Å². The Morgan fingerprint density at radius 3 is 2.38 bits per heavy atom. The molecule has 0 bridgehead atoms. The van der Waals surface area contributed by atoms with Crippen molar-refractivity contribution in [2.75, 3.05) is 27.3 Å². The number of nitrogens with zero attached hydrogens (tertiary/aromatic N) is 1. The second-order valence-corrected chi connectivity index (χ2v) is 6.58. The van der Waals surface area contributed by atoms with Crippen LogP contribution in [0.2, 0.25) is 0 Å². The first-order valence-corrected chi connectivity index (χ1v) is 8.98. The van der Waals surface area contributed by atoms with E-state index in [0.717, 1.165) is 49.5 Å². The minimum absolute atomic E-state index is 0.0175. The second kappa shape index (κ2) is 8.72. The highest BCUT2D eigenvalue weighted by molar-refractivity contribution is 5.94. The van der Waals surface area contributed by atoms with Crippen LogP contribution in [0.5, 0.6) is 11.5 Å². The zero-order chi connectivity index (χ0) is 18.4. The van der Waals surface area contributed by atoms with Gasteiger partial charge in [0, 0.05) is 31.2 Å². The fourth-order valence-corrected chi connectivity index (χ4v) is 3.33. The summed E-state index contributed by atoms with van der Waals surface area (Å²) in [6.45, 7) is 2.81. The third kappa shape index (κ3) is 4.55. The molecule has 0 aliphatic carbocycles. The van der Waals surface area contributed by atoms with Crippen molar-refractivity contribution in [3.63, 3.8) is 0 Å². The third-order valence-corrected chi connectivity index (χ3v) is 4.81. The summed E-state index contributed by atoms with van der Waals surface area (Å²) in [5.74, 6) is 1.53. The van der Waals surface area contributed by atoms with Crippen LogP contribution in [0.1, 0.15) is 28.8 Å². The molecule has 0 spiro atoms. The van der Waals surface area contributed by atoms with Crippen molar-refractivity contribution < 1.29 is 14.3 Å². The number of ether oxygens (including phenoxy) is 2. The number of benzene rings is 2. The quantitative estimate of drug-likeness (QED) is 0.866. The molecule has 0 atom stereocenters. The lowest BCUT2D eigenvalue weighted by atomic mass is 10.0. The maximum Gasteiger partial charge on any atom is 0.251 e. The van der Waals surface area contributed by atoms with Gasteiger partial charge in [-0.2, -0.15) is 0 Å².